The van der Waals surface area contributed by atoms with E-state index in [1.54, 1.807) is 0 Å². The Bertz CT molecular complexity index is 2670. The van der Waals surface area contributed by atoms with Crippen LogP contribution in [-0.2, 0) is 0 Å². The molecular weight excluding hydrogens is 577 g/mol. The average Bonchev–Trinajstić information content (AvgIpc) is 3.15. The maximum absolute atomic E-state index is 2.44. The fraction of sp³-hybridized carbons (Fsp3) is 0.0833. The second-order valence-electron chi connectivity index (χ2n) is 13.1. The van der Waals surface area contributed by atoms with Gasteiger partial charge in [0.2, 0.25) is 0 Å². The van der Waals surface area contributed by atoms with E-state index >= 15 is 0 Å². The molecule has 0 fully saturated rings. The third kappa shape index (κ3) is 4.44. The summed E-state index contributed by atoms with van der Waals surface area (Å²) in [7, 11) is 0. The zero-order valence-electron chi connectivity index (χ0n) is 27.4. The fourth-order valence-electron chi connectivity index (χ4n) is 8.32. The first-order chi connectivity index (χ1) is 23.7. The van der Waals surface area contributed by atoms with Crippen molar-refractivity contribution >= 4 is 71.1 Å². The van der Waals surface area contributed by atoms with Crippen LogP contribution >= 0.6 is 0 Å². The molecule has 0 unspecified atom stereocenters. The summed E-state index contributed by atoms with van der Waals surface area (Å²) < 4.78 is 0. The van der Waals surface area contributed by atoms with Crippen molar-refractivity contribution in [3.05, 3.63) is 174 Å². The summed E-state index contributed by atoms with van der Waals surface area (Å²) in [5, 5.41) is 13.1. The molecule has 0 saturated heterocycles. The van der Waals surface area contributed by atoms with E-state index in [1.807, 2.05) is 0 Å². The van der Waals surface area contributed by atoms with Gasteiger partial charge in [0, 0.05) is 0 Å². The Balaban J connectivity index is 1.30. The van der Waals surface area contributed by atoms with E-state index in [4.69, 9.17) is 0 Å². The molecule has 0 spiro atoms. The highest BCUT2D eigenvalue weighted by atomic mass is 14.3. The molecule has 0 radical (unpaired) electrons. The number of allylic oxidation sites excluding steroid dienone is 5. The van der Waals surface area contributed by atoms with Gasteiger partial charge in [-0.15, -0.1) is 0 Å². The van der Waals surface area contributed by atoms with Crippen molar-refractivity contribution in [1.29, 1.82) is 0 Å². The summed E-state index contributed by atoms with van der Waals surface area (Å²) in [4.78, 5) is 0. The van der Waals surface area contributed by atoms with E-state index < -0.39 is 0 Å². The number of hydrogen-bond acceptors (Lipinski definition) is 0. The van der Waals surface area contributed by atoms with E-state index in [0.29, 0.717) is 0 Å². The quantitative estimate of drug-likeness (QED) is 0.173. The summed E-state index contributed by atoms with van der Waals surface area (Å²) in [5.41, 5.74) is 10.8. The predicted molar refractivity (Wildman–Crippen MR) is 210 cm³/mol. The zero-order chi connectivity index (χ0) is 32.2. The van der Waals surface area contributed by atoms with Crippen LogP contribution in [0.5, 0.6) is 0 Å². The molecule has 1 aliphatic carbocycles. The van der Waals surface area contributed by atoms with Crippen LogP contribution in [0.25, 0.3) is 82.2 Å². The van der Waals surface area contributed by atoms with Crippen molar-refractivity contribution < 1.29 is 0 Å². The van der Waals surface area contributed by atoms with Gasteiger partial charge in [0.25, 0.3) is 0 Å². The number of fused-ring (bicyclic) bond motifs is 7. The van der Waals surface area contributed by atoms with Crippen molar-refractivity contribution in [2.45, 2.75) is 26.7 Å². The molecule has 0 heteroatoms. The Morgan fingerprint density at radius 2 is 1.02 bits per heavy atom. The summed E-state index contributed by atoms with van der Waals surface area (Å²) in [6.07, 6.45) is 11.3. The molecule has 0 atom stereocenters. The molecule has 228 valence electrons. The lowest BCUT2D eigenvalue weighted by atomic mass is 9.79. The molecule has 0 saturated carbocycles. The number of rotatable bonds is 4. The first-order valence-electron chi connectivity index (χ1n) is 17.1. The van der Waals surface area contributed by atoms with Crippen molar-refractivity contribution in [2.24, 2.45) is 0 Å². The lowest BCUT2D eigenvalue weighted by Crippen LogP contribution is -2.02. The summed E-state index contributed by atoms with van der Waals surface area (Å²) >= 11 is 0. The van der Waals surface area contributed by atoms with Gasteiger partial charge in [-0.05, 0) is 131 Å². The van der Waals surface area contributed by atoms with Crippen LogP contribution in [-0.4, -0.2) is 0 Å². The molecule has 1 aliphatic rings. The van der Waals surface area contributed by atoms with Gasteiger partial charge in [-0.2, -0.15) is 0 Å². The van der Waals surface area contributed by atoms with Crippen LogP contribution in [0.3, 0.4) is 0 Å². The lowest BCUT2D eigenvalue weighted by molar-refractivity contribution is 1.07. The molecular formula is C48H36. The molecule has 0 amide bonds. The van der Waals surface area contributed by atoms with Gasteiger partial charge in [-0.1, -0.05) is 152 Å². The van der Waals surface area contributed by atoms with Crippen LogP contribution in [0, 0.1) is 6.92 Å². The minimum Gasteiger partial charge on any atom is -0.0870 e. The van der Waals surface area contributed by atoms with Crippen LogP contribution in [0.2, 0.25) is 0 Å². The van der Waals surface area contributed by atoms with Gasteiger partial charge in [0.1, 0.15) is 0 Å². The minimum atomic E-state index is 1.01. The normalized spacial score (nSPS) is 13.6. The first kappa shape index (κ1) is 28.5. The minimum absolute atomic E-state index is 1.01. The van der Waals surface area contributed by atoms with E-state index in [0.717, 1.165) is 12.8 Å². The molecule has 8 aromatic carbocycles. The highest BCUT2D eigenvalue weighted by molar-refractivity contribution is 6.25. The molecule has 0 bridgehead atoms. The monoisotopic (exact) mass is 612 g/mol. The fourth-order valence-corrected chi connectivity index (χ4v) is 8.32. The van der Waals surface area contributed by atoms with E-state index in [2.05, 4.69) is 172 Å². The average molecular weight is 613 g/mol. The van der Waals surface area contributed by atoms with Crippen molar-refractivity contribution in [3.63, 3.8) is 0 Å². The van der Waals surface area contributed by atoms with Crippen molar-refractivity contribution in [2.75, 3.05) is 0 Å². The molecule has 8 aromatic rings. The van der Waals surface area contributed by atoms with Gasteiger partial charge >= 0.3 is 0 Å². The van der Waals surface area contributed by atoms with Crippen LogP contribution in [0.15, 0.2) is 152 Å². The van der Waals surface area contributed by atoms with Crippen molar-refractivity contribution in [3.8, 4) is 11.1 Å². The van der Waals surface area contributed by atoms with Crippen LogP contribution in [0.1, 0.15) is 42.0 Å². The topological polar surface area (TPSA) is 0 Å². The van der Waals surface area contributed by atoms with Gasteiger partial charge in [-0.3, -0.25) is 0 Å². The second-order valence-corrected chi connectivity index (χ2v) is 13.1. The zero-order valence-corrected chi connectivity index (χ0v) is 27.4. The summed E-state index contributed by atoms with van der Waals surface area (Å²) in [5.74, 6) is 0. The number of benzene rings is 8. The van der Waals surface area contributed by atoms with E-state index in [-0.39, 0.29) is 0 Å². The third-order valence-corrected chi connectivity index (χ3v) is 10.5. The lowest BCUT2D eigenvalue weighted by Gasteiger charge is -2.24. The van der Waals surface area contributed by atoms with Gasteiger partial charge in [0.15, 0.2) is 0 Å². The van der Waals surface area contributed by atoms with Crippen LogP contribution in [0.4, 0.5) is 0 Å². The Morgan fingerprint density at radius 3 is 1.75 bits per heavy atom. The highest BCUT2D eigenvalue weighted by Gasteiger charge is 2.22. The number of hydrogen-bond donors (Lipinski definition) is 0. The smallest absolute Gasteiger partial charge is 0.00264 e. The van der Waals surface area contributed by atoms with E-state index in [1.165, 1.54) is 98.4 Å². The van der Waals surface area contributed by atoms with Gasteiger partial charge < -0.3 is 0 Å². The van der Waals surface area contributed by atoms with Gasteiger partial charge in [0.05, 0.1) is 0 Å². The first-order valence-corrected chi connectivity index (χ1v) is 17.1. The van der Waals surface area contributed by atoms with E-state index in [9.17, 15) is 0 Å². The predicted octanol–water partition coefficient (Wildman–Crippen LogP) is 13.7. The second kappa shape index (κ2) is 11.5. The molecule has 0 N–H and O–H groups in total. The molecule has 0 nitrogen and oxygen atoms in total. The SMILES string of the molecule is C/C=C\c1c(C)c(-c2cc3ccc4ccccc4c3c3ccccc23)c2ccccc2c1C1=CC=C(c2cccc3ccccc23)CC1. The maximum atomic E-state index is 2.44. The Kier molecular flexibility index (Phi) is 6.83. The van der Waals surface area contributed by atoms with Crippen LogP contribution < -0.4 is 0 Å². The highest BCUT2D eigenvalue weighted by Crippen LogP contribution is 2.47. The molecule has 48 heavy (non-hydrogen) atoms. The Hall–Kier alpha value is -5.72. The standard InChI is InChI=1S/C48H36/c1-3-13-37-31(2)46(45-30-36-29-26-33-15-5-7-18-40(33)48(36)42-20-9-8-19-41(42)45)43-21-10-11-22-44(43)47(37)35-27-24-34(25-28-35)39-23-12-16-32-14-4-6-17-38(32)39/h3-24,26-27,29-30H,25,28H2,1-2H3/b13-3-. The van der Waals surface area contributed by atoms with Gasteiger partial charge in [-0.25, -0.2) is 0 Å². The maximum Gasteiger partial charge on any atom is -0.00264 e. The largest absolute Gasteiger partial charge is 0.0870 e. The Labute approximate surface area is 282 Å². The third-order valence-electron chi connectivity index (χ3n) is 10.5. The van der Waals surface area contributed by atoms with Crippen molar-refractivity contribution in [1.82, 2.24) is 0 Å². The molecule has 9 rings (SSSR count). The molecule has 0 aliphatic heterocycles. The Morgan fingerprint density at radius 1 is 0.458 bits per heavy atom. The molecule has 0 aromatic heterocycles. The molecule has 0 heterocycles. The summed E-state index contributed by atoms with van der Waals surface area (Å²) in [6.45, 7) is 4.48. The summed E-state index contributed by atoms with van der Waals surface area (Å²) in [6, 6.07) is 49.3.